The second kappa shape index (κ2) is 8.38. The number of rotatable bonds is 5. The number of hydrogen-bond acceptors (Lipinski definition) is 8. The van der Waals surface area contributed by atoms with Crippen molar-refractivity contribution in [2.45, 2.75) is 36.4 Å². The van der Waals surface area contributed by atoms with Crippen LogP contribution in [0.3, 0.4) is 0 Å². The van der Waals surface area contributed by atoms with Crippen LogP contribution in [0.25, 0.3) is 0 Å². The molecule has 1 saturated heterocycles. The molecule has 0 amide bonds. The zero-order chi connectivity index (χ0) is 20.3. The highest BCUT2D eigenvalue weighted by atomic mass is 32.2. The van der Waals surface area contributed by atoms with E-state index in [1.165, 1.54) is 24.3 Å². The van der Waals surface area contributed by atoms with Crippen molar-refractivity contribution in [3.63, 3.8) is 0 Å². The number of aliphatic hydroxyl groups excluding tert-OH is 2. The van der Waals surface area contributed by atoms with E-state index in [1.54, 1.807) is 37.3 Å². The van der Waals surface area contributed by atoms with Gasteiger partial charge in [-0.25, -0.2) is 4.79 Å². The molecule has 0 spiro atoms. The van der Waals surface area contributed by atoms with Gasteiger partial charge in [0, 0.05) is 0 Å². The Labute approximate surface area is 162 Å². The summed E-state index contributed by atoms with van der Waals surface area (Å²) < 4.78 is 40.6. The molecule has 1 heterocycles. The van der Waals surface area contributed by atoms with Crippen LogP contribution in [0.5, 0.6) is 0 Å². The monoisotopic (exact) mass is 408 g/mol. The molecule has 4 atom stereocenters. The first kappa shape index (κ1) is 20.4. The zero-order valence-electron chi connectivity index (χ0n) is 15.0. The van der Waals surface area contributed by atoms with Gasteiger partial charge in [-0.05, 0) is 31.2 Å². The third kappa shape index (κ3) is 4.57. The molecular formula is C19H20O8S. The maximum absolute atomic E-state index is 12.6. The molecule has 2 N–H and O–H groups in total. The summed E-state index contributed by atoms with van der Waals surface area (Å²) >= 11 is 0. The van der Waals surface area contributed by atoms with Crippen LogP contribution in [0.1, 0.15) is 15.9 Å². The normalized spacial score (nSPS) is 25.2. The quantitative estimate of drug-likeness (QED) is 0.556. The van der Waals surface area contributed by atoms with E-state index in [-0.39, 0.29) is 17.1 Å². The first-order valence-electron chi connectivity index (χ1n) is 8.51. The zero-order valence-corrected chi connectivity index (χ0v) is 15.8. The van der Waals surface area contributed by atoms with Crippen molar-refractivity contribution >= 4 is 16.1 Å². The van der Waals surface area contributed by atoms with Crippen LogP contribution in [-0.4, -0.2) is 55.8 Å². The Hall–Kier alpha value is -2.30. The average molecular weight is 408 g/mol. The van der Waals surface area contributed by atoms with Gasteiger partial charge in [0.25, 0.3) is 10.1 Å². The van der Waals surface area contributed by atoms with Crippen molar-refractivity contribution in [2.24, 2.45) is 0 Å². The number of esters is 1. The van der Waals surface area contributed by atoms with Crippen LogP contribution in [0.15, 0.2) is 59.5 Å². The van der Waals surface area contributed by atoms with Gasteiger partial charge in [-0.15, -0.1) is 0 Å². The maximum atomic E-state index is 12.6. The van der Waals surface area contributed by atoms with E-state index < -0.39 is 40.7 Å². The molecule has 0 unspecified atom stereocenters. The van der Waals surface area contributed by atoms with Crippen molar-refractivity contribution in [1.29, 1.82) is 0 Å². The lowest BCUT2D eigenvalue weighted by Crippen LogP contribution is -2.56. The van der Waals surface area contributed by atoms with E-state index in [1.807, 2.05) is 0 Å². The lowest BCUT2D eigenvalue weighted by Gasteiger charge is -2.36. The Morgan fingerprint density at radius 1 is 1.07 bits per heavy atom. The molecule has 1 aliphatic rings. The number of aliphatic hydroxyl groups is 2. The van der Waals surface area contributed by atoms with Crippen molar-refractivity contribution < 1.29 is 37.1 Å². The summed E-state index contributed by atoms with van der Waals surface area (Å²) in [6.07, 6.45) is -6.19. The van der Waals surface area contributed by atoms with Crippen LogP contribution in [0.4, 0.5) is 0 Å². The van der Waals surface area contributed by atoms with Gasteiger partial charge in [-0.2, -0.15) is 8.42 Å². The van der Waals surface area contributed by atoms with Gasteiger partial charge in [0.05, 0.1) is 17.1 Å². The van der Waals surface area contributed by atoms with Gasteiger partial charge in [0.2, 0.25) is 6.29 Å². The lowest BCUT2D eigenvalue weighted by atomic mass is 10.1. The van der Waals surface area contributed by atoms with Crippen LogP contribution in [0, 0.1) is 6.92 Å². The summed E-state index contributed by atoms with van der Waals surface area (Å²) in [5, 5.41) is 20.1. The summed E-state index contributed by atoms with van der Waals surface area (Å²) in [5.74, 6) is -0.782. The molecule has 28 heavy (non-hydrogen) atoms. The third-order valence-corrected chi connectivity index (χ3v) is 5.54. The molecule has 1 aliphatic heterocycles. The van der Waals surface area contributed by atoms with Crippen molar-refractivity contribution in [3.8, 4) is 0 Å². The van der Waals surface area contributed by atoms with Gasteiger partial charge in [-0.1, -0.05) is 35.9 Å². The fourth-order valence-electron chi connectivity index (χ4n) is 2.62. The van der Waals surface area contributed by atoms with Crippen LogP contribution >= 0.6 is 0 Å². The lowest BCUT2D eigenvalue weighted by molar-refractivity contribution is -0.243. The molecule has 1 fully saturated rings. The first-order chi connectivity index (χ1) is 13.3. The van der Waals surface area contributed by atoms with Crippen molar-refractivity contribution in [3.05, 3.63) is 65.7 Å². The van der Waals surface area contributed by atoms with E-state index >= 15 is 0 Å². The van der Waals surface area contributed by atoms with E-state index in [2.05, 4.69) is 0 Å². The Morgan fingerprint density at radius 2 is 1.71 bits per heavy atom. The number of aryl methyl sites for hydroxylation is 1. The maximum Gasteiger partial charge on any atom is 0.340 e. The third-order valence-electron chi connectivity index (χ3n) is 4.21. The molecule has 0 radical (unpaired) electrons. The second-order valence-electron chi connectivity index (χ2n) is 6.36. The highest BCUT2D eigenvalue weighted by Crippen LogP contribution is 2.25. The number of benzene rings is 2. The highest BCUT2D eigenvalue weighted by molar-refractivity contribution is 7.86. The molecule has 0 bridgehead atoms. The fraction of sp³-hybridized carbons (Fsp3) is 0.316. The predicted octanol–water partition coefficient (Wildman–Crippen LogP) is 1.00. The van der Waals surface area contributed by atoms with Gasteiger partial charge in [0.15, 0.2) is 6.10 Å². The Morgan fingerprint density at radius 3 is 2.36 bits per heavy atom. The molecule has 9 heteroatoms. The fourth-order valence-corrected chi connectivity index (χ4v) is 3.70. The molecule has 0 aromatic heterocycles. The minimum atomic E-state index is -4.31. The highest BCUT2D eigenvalue weighted by Gasteiger charge is 2.45. The van der Waals surface area contributed by atoms with Crippen LogP contribution in [-0.2, 0) is 23.8 Å². The molecule has 2 aromatic carbocycles. The molecule has 0 saturated carbocycles. The number of carbonyl (C=O) groups excluding carboxylic acids is 1. The number of ether oxygens (including phenoxy) is 2. The molecule has 2 aromatic rings. The van der Waals surface area contributed by atoms with Crippen LogP contribution in [0.2, 0.25) is 0 Å². The average Bonchev–Trinajstić information content (AvgIpc) is 2.68. The van der Waals surface area contributed by atoms with Crippen molar-refractivity contribution in [2.75, 3.05) is 6.61 Å². The minimum Gasteiger partial charge on any atom is -0.429 e. The Bertz CT molecular complexity index is 911. The number of carbonyl (C=O) groups is 1. The SMILES string of the molecule is Cc1ccc(S(=O)(=O)O[C@H]2[C@@H](OC(=O)c3ccccc3)OC[C@@H](O)[C@H]2O)cc1. The van der Waals surface area contributed by atoms with Gasteiger partial charge in [0.1, 0.15) is 12.2 Å². The molecular weight excluding hydrogens is 388 g/mol. The largest absolute Gasteiger partial charge is 0.429 e. The Balaban J connectivity index is 1.81. The smallest absolute Gasteiger partial charge is 0.340 e. The van der Waals surface area contributed by atoms with Gasteiger partial charge < -0.3 is 19.7 Å². The van der Waals surface area contributed by atoms with E-state index in [4.69, 9.17) is 13.7 Å². The molecule has 0 aliphatic carbocycles. The van der Waals surface area contributed by atoms with Crippen molar-refractivity contribution in [1.82, 2.24) is 0 Å². The number of hydrogen-bond donors (Lipinski definition) is 2. The summed E-state index contributed by atoms with van der Waals surface area (Å²) in [6.45, 7) is 1.45. The summed E-state index contributed by atoms with van der Waals surface area (Å²) in [5.41, 5.74) is 1.07. The Kier molecular flexibility index (Phi) is 6.11. The van der Waals surface area contributed by atoms with Crippen LogP contribution < -0.4 is 0 Å². The van der Waals surface area contributed by atoms with E-state index in [9.17, 15) is 23.4 Å². The standard InChI is InChI=1S/C19H20O8S/c1-12-7-9-14(10-8-12)28(23,24)27-17-16(21)15(20)11-25-19(17)26-18(22)13-5-3-2-4-6-13/h2-10,15-17,19-21H,11H2,1H3/t15-,16-,17-,19-/m1/s1. The molecule has 8 nitrogen and oxygen atoms in total. The topological polar surface area (TPSA) is 119 Å². The second-order valence-corrected chi connectivity index (χ2v) is 7.93. The summed E-state index contributed by atoms with van der Waals surface area (Å²) in [4.78, 5) is 12.1. The molecule has 3 rings (SSSR count). The van der Waals surface area contributed by atoms with E-state index in [0.29, 0.717) is 0 Å². The molecule has 150 valence electrons. The summed E-state index contributed by atoms with van der Waals surface area (Å²) in [7, 11) is -4.31. The van der Waals surface area contributed by atoms with Gasteiger partial charge in [-0.3, -0.25) is 4.18 Å². The first-order valence-corrected chi connectivity index (χ1v) is 9.92. The minimum absolute atomic E-state index is 0.140. The summed E-state index contributed by atoms with van der Waals surface area (Å²) in [6, 6.07) is 13.9. The van der Waals surface area contributed by atoms with Gasteiger partial charge >= 0.3 is 5.97 Å². The van der Waals surface area contributed by atoms with E-state index in [0.717, 1.165) is 5.56 Å². The predicted molar refractivity (Wildman–Crippen MR) is 96.8 cm³/mol.